The van der Waals surface area contributed by atoms with E-state index in [2.05, 4.69) is 45.0 Å². The van der Waals surface area contributed by atoms with Gasteiger partial charge in [0.25, 0.3) is 5.56 Å². The number of amides is 1. The fraction of sp³-hybridized carbons (Fsp3) is 0.500. The van der Waals surface area contributed by atoms with Crippen LogP contribution in [0.4, 0.5) is 22.0 Å². The first-order valence-electron chi connectivity index (χ1n) is 10.6. The number of unbranched alkanes of at least 4 members (excludes halogenated alkanes) is 1. The summed E-state index contributed by atoms with van der Waals surface area (Å²) in [5.74, 6) is 0.595. The van der Waals surface area contributed by atoms with Crippen LogP contribution in [-0.4, -0.2) is 52.3 Å². The average Bonchev–Trinajstić information content (AvgIpc) is 2.73. The normalized spacial score (nSPS) is 18.7. The van der Waals surface area contributed by atoms with Crippen molar-refractivity contribution < 1.29 is 9.53 Å². The number of aryl methyl sites for hydroxylation is 1. The second-order valence-corrected chi connectivity index (χ2v) is 8.90. The molecule has 1 aliphatic rings. The Morgan fingerprint density at radius 1 is 1.29 bits per heavy atom. The molecule has 1 amide bonds. The van der Waals surface area contributed by atoms with E-state index in [9.17, 15) is 9.59 Å². The van der Waals surface area contributed by atoms with Gasteiger partial charge in [0.2, 0.25) is 0 Å². The van der Waals surface area contributed by atoms with E-state index in [1.807, 2.05) is 24.0 Å². The number of nitrogens with one attached hydrogen (secondary N) is 1. The number of anilines is 3. The Balaban J connectivity index is 1.66. The van der Waals surface area contributed by atoms with Gasteiger partial charge in [-0.15, -0.1) is 0 Å². The fourth-order valence-corrected chi connectivity index (χ4v) is 4.19. The molecule has 0 radical (unpaired) electrons. The standard InChI is InChI=1S/C22H30BrN5O3/c1-5-6-9-31-22(30)28-13-15(2)27(12-16(28)3)18-7-8-20(24-11-18)25-19-10-17(23)14-26(4)21(19)29/h7-8,10-11,14-16H,5-6,9,12-13H2,1-4H3,(H,24,25). The van der Waals surface area contributed by atoms with Crippen LogP contribution in [0.25, 0.3) is 0 Å². The van der Waals surface area contributed by atoms with Gasteiger partial charge in [-0.3, -0.25) is 4.79 Å². The van der Waals surface area contributed by atoms with Crippen molar-refractivity contribution in [1.29, 1.82) is 0 Å². The molecule has 0 saturated carbocycles. The topological polar surface area (TPSA) is 79.7 Å². The number of rotatable bonds is 6. The number of carbonyl (C=O) groups is 1. The van der Waals surface area contributed by atoms with Gasteiger partial charge >= 0.3 is 6.09 Å². The lowest BCUT2D eigenvalue weighted by Gasteiger charge is -2.44. The third-order valence-corrected chi connectivity index (χ3v) is 5.87. The molecule has 0 aromatic carbocycles. The van der Waals surface area contributed by atoms with E-state index in [-0.39, 0.29) is 23.7 Å². The monoisotopic (exact) mass is 491 g/mol. The van der Waals surface area contributed by atoms with Gasteiger partial charge in [-0.25, -0.2) is 9.78 Å². The van der Waals surface area contributed by atoms with Crippen LogP contribution in [0, 0.1) is 0 Å². The zero-order chi connectivity index (χ0) is 22.5. The van der Waals surface area contributed by atoms with Gasteiger partial charge in [0.15, 0.2) is 0 Å². The van der Waals surface area contributed by atoms with E-state index in [4.69, 9.17) is 4.74 Å². The molecule has 0 spiro atoms. The Morgan fingerprint density at radius 3 is 2.74 bits per heavy atom. The van der Waals surface area contributed by atoms with Gasteiger partial charge in [0.05, 0.1) is 18.5 Å². The second-order valence-electron chi connectivity index (χ2n) is 7.99. The number of pyridine rings is 2. The van der Waals surface area contributed by atoms with Gasteiger partial charge in [0, 0.05) is 42.9 Å². The minimum Gasteiger partial charge on any atom is -0.449 e. The summed E-state index contributed by atoms with van der Waals surface area (Å²) >= 11 is 3.41. The van der Waals surface area contributed by atoms with E-state index in [0.29, 0.717) is 31.2 Å². The summed E-state index contributed by atoms with van der Waals surface area (Å²) in [6.07, 6.45) is 5.16. The lowest BCUT2D eigenvalue weighted by Crippen LogP contribution is -2.58. The Hall–Kier alpha value is -2.55. The predicted octanol–water partition coefficient (Wildman–Crippen LogP) is 4.12. The van der Waals surface area contributed by atoms with Crippen molar-refractivity contribution in [3.63, 3.8) is 0 Å². The largest absolute Gasteiger partial charge is 0.449 e. The molecule has 2 aromatic rings. The quantitative estimate of drug-likeness (QED) is 0.612. The van der Waals surface area contributed by atoms with Crippen LogP contribution in [0.15, 0.2) is 39.9 Å². The Kier molecular flexibility index (Phi) is 7.59. The van der Waals surface area contributed by atoms with E-state index < -0.39 is 0 Å². The molecule has 3 heterocycles. The summed E-state index contributed by atoms with van der Waals surface area (Å²) in [7, 11) is 1.70. The average molecular weight is 492 g/mol. The highest BCUT2D eigenvalue weighted by Crippen LogP contribution is 2.25. The molecule has 1 fully saturated rings. The molecular weight excluding hydrogens is 462 g/mol. The van der Waals surface area contributed by atoms with E-state index in [1.54, 1.807) is 25.5 Å². The van der Waals surface area contributed by atoms with E-state index in [1.165, 1.54) is 4.57 Å². The van der Waals surface area contributed by atoms with E-state index >= 15 is 0 Å². The molecule has 0 aliphatic carbocycles. The van der Waals surface area contributed by atoms with Crippen molar-refractivity contribution in [3.8, 4) is 0 Å². The minimum atomic E-state index is -0.235. The maximum absolute atomic E-state index is 12.4. The van der Waals surface area contributed by atoms with Crippen molar-refractivity contribution in [3.05, 3.63) is 45.4 Å². The number of halogens is 1. The van der Waals surface area contributed by atoms with Crippen LogP contribution >= 0.6 is 15.9 Å². The molecule has 8 nitrogen and oxygen atoms in total. The highest BCUT2D eigenvalue weighted by atomic mass is 79.9. The molecule has 31 heavy (non-hydrogen) atoms. The third kappa shape index (κ3) is 5.58. The van der Waals surface area contributed by atoms with Gasteiger partial charge in [0.1, 0.15) is 11.5 Å². The summed E-state index contributed by atoms with van der Waals surface area (Å²) in [6.45, 7) is 7.97. The summed E-state index contributed by atoms with van der Waals surface area (Å²) in [5.41, 5.74) is 1.30. The first-order valence-corrected chi connectivity index (χ1v) is 11.4. The summed E-state index contributed by atoms with van der Waals surface area (Å²) in [4.78, 5) is 33.2. The molecule has 168 valence electrons. The zero-order valence-electron chi connectivity index (χ0n) is 18.5. The number of hydrogen-bond acceptors (Lipinski definition) is 6. The maximum Gasteiger partial charge on any atom is 0.410 e. The maximum atomic E-state index is 12.4. The van der Waals surface area contributed by atoms with Crippen molar-refractivity contribution in [2.75, 3.05) is 29.9 Å². The molecule has 2 unspecified atom stereocenters. The predicted molar refractivity (Wildman–Crippen MR) is 126 cm³/mol. The Labute approximate surface area is 191 Å². The van der Waals surface area contributed by atoms with E-state index in [0.717, 1.165) is 23.0 Å². The van der Waals surface area contributed by atoms with Crippen molar-refractivity contribution >= 4 is 39.2 Å². The molecule has 1 saturated heterocycles. The number of piperazine rings is 1. The first kappa shape index (κ1) is 23.1. The summed E-state index contributed by atoms with van der Waals surface area (Å²) in [5, 5.41) is 3.09. The van der Waals surface area contributed by atoms with Crippen LogP contribution < -0.4 is 15.8 Å². The highest BCUT2D eigenvalue weighted by Gasteiger charge is 2.33. The Morgan fingerprint density at radius 2 is 2.06 bits per heavy atom. The van der Waals surface area contributed by atoms with Gasteiger partial charge in [-0.1, -0.05) is 13.3 Å². The molecule has 0 bridgehead atoms. The zero-order valence-corrected chi connectivity index (χ0v) is 20.1. The van der Waals surface area contributed by atoms with Crippen LogP contribution in [0.5, 0.6) is 0 Å². The summed E-state index contributed by atoms with van der Waals surface area (Å²) < 4.78 is 7.72. The number of nitrogens with zero attached hydrogens (tertiary/aromatic N) is 4. The molecule has 1 aliphatic heterocycles. The van der Waals surface area contributed by atoms with Crippen molar-refractivity contribution in [1.82, 2.24) is 14.5 Å². The number of aromatic nitrogens is 2. The fourth-order valence-electron chi connectivity index (χ4n) is 3.66. The van der Waals surface area contributed by atoms with Gasteiger partial charge in [-0.2, -0.15) is 0 Å². The van der Waals surface area contributed by atoms with Crippen LogP contribution in [0.2, 0.25) is 0 Å². The van der Waals surface area contributed by atoms with Crippen LogP contribution in [0.1, 0.15) is 33.6 Å². The number of ether oxygens (including phenoxy) is 1. The molecule has 1 N–H and O–H groups in total. The molecule has 3 rings (SSSR count). The third-order valence-electron chi connectivity index (χ3n) is 5.44. The molecular formula is C22H30BrN5O3. The molecule has 2 aromatic heterocycles. The van der Waals surface area contributed by atoms with Gasteiger partial charge in [-0.05, 0) is 54.4 Å². The SMILES string of the molecule is CCCCOC(=O)N1CC(C)N(c2ccc(Nc3cc(Br)cn(C)c3=O)nc2)CC1C. The molecule has 9 heteroatoms. The number of carbonyl (C=O) groups excluding carboxylic acids is 1. The van der Waals surface area contributed by atoms with Gasteiger partial charge < -0.3 is 24.4 Å². The first-order chi connectivity index (χ1) is 14.8. The Bertz CT molecular complexity index is 963. The molecule has 2 atom stereocenters. The van der Waals surface area contributed by atoms with Crippen molar-refractivity contribution in [2.45, 2.75) is 45.7 Å². The number of hydrogen-bond donors (Lipinski definition) is 1. The van der Waals surface area contributed by atoms with Crippen molar-refractivity contribution in [2.24, 2.45) is 7.05 Å². The second kappa shape index (κ2) is 10.2. The highest BCUT2D eigenvalue weighted by molar-refractivity contribution is 9.10. The van der Waals surface area contributed by atoms with Crippen LogP contribution in [-0.2, 0) is 11.8 Å². The smallest absolute Gasteiger partial charge is 0.410 e. The minimum absolute atomic E-state index is 0.0350. The summed E-state index contributed by atoms with van der Waals surface area (Å²) in [6, 6.07) is 5.75. The van der Waals surface area contributed by atoms with Crippen LogP contribution in [0.3, 0.4) is 0 Å². The lowest BCUT2D eigenvalue weighted by molar-refractivity contribution is 0.0782. The lowest BCUT2D eigenvalue weighted by atomic mass is 10.1.